The van der Waals surface area contributed by atoms with E-state index in [0.29, 0.717) is 64.8 Å². The Morgan fingerprint density at radius 1 is 0.830 bits per heavy atom. The van der Waals surface area contributed by atoms with E-state index in [0.717, 1.165) is 35.3 Å². The van der Waals surface area contributed by atoms with Crippen LogP contribution in [0.15, 0.2) is 88.9 Å². The van der Waals surface area contributed by atoms with E-state index in [1.807, 2.05) is 54.7 Å². The summed E-state index contributed by atoms with van der Waals surface area (Å²) in [6.07, 6.45) is 5.45. The summed E-state index contributed by atoms with van der Waals surface area (Å²) in [5.74, 6) is 1.75. The Labute approximate surface area is 271 Å². The van der Waals surface area contributed by atoms with E-state index in [9.17, 15) is 9.59 Å². The number of aryl methyl sites for hydroxylation is 1. The Kier molecular flexibility index (Phi) is 8.07. The van der Waals surface area contributed by atoms with Crippen LogP contribution in [0.3, 0.4) is 0 Å². The molecule has 0 aliphatic carbocycles. The number of anilines is 1. The van der Waals surface area contributed by atoms with Crippen LogP contribution in [0, 0.1) is 0 Å². The maximum absolute atomic E-state index is 13.7. The van der Waals surface area contributed by atoms with Crippen molar-refractivity contribution in [2.45, 2.75) is 32.2 Å². The number of methoxy groups -OCH3 is 2. The summed E-state index contributed by atoms with van der Waals surface area (Å²) >= 11 is 0. The molecule has 7 rings (SSSR count). The first kappa shape index (κ1) is 30.0. The van der Waals surface area contributed by atoms with Crippen molar-refractivity contribution in [3.8, 4) is 28.7 Å². The minimum atomic E-state index is -0.180. The van der Waals surface area contributed by atoms with Crippen LogP contribution in [0.2, 0.25) is 0 Å². The van der Waals surface area contributed by atoms with Crippen LogP contribution in [0.4, 0.5) is 11.4 Å². The van der Waals surface area contributed by atoms with Crippen molar-refractivity contribution >= 4 is 34.4 Å². The largest absolute Gasteiger partial charge is 0.493 e. The molecule has 0 fully saturated rings. The zero-order chi connectivity index (χ0) is 32.5. The van der Waals surface area contributed by atoms with Gasteiger partial charge in [-0.15, -0.1) is 0 Å². The molecule has 2 aliphatic heterocycles. The van der Waals surface area contributed by atoms with E-state index < -0.39 is 0 Å². The van der Waals surface area contributed by atoms with Gasteiger partial charge in [0.05, 0.1) is 61.3 Å². The van der Waals surface area contributed by atoms with Crippen molar-refractivity contribution in [3.05, 3.63) is 106 Å². The van der Waals surface area contributed by atoms with Crippen molar-refractivity contribution in [2.24, 2.45) is 4.99 Å². The summed E-state index contributed by atoms with van der Waals surface area (Å²) in [6.45, 7) is 2.70. The SMILES string of the molecule is CCc1ccccc1-n1cnc2cc(OCCCOc3cc4c(cc3OC)C(=O)N3c5ccccc5C[C@H]3C=N4)c(OC)cc2c1=O. The zero-order valence-electron chi connectivity index (χ0n) is 26.4. The van der Waals surface area contributed by atoms with Crippen LogP contribution in [0.25, 0.3) is 16.6 Å². The molecule has 1 atom stereocenters. The van der Waals surface area contributed by atoms with Gasteiger partial charge in [-0.3, -0.25) is 24.0 Å². The number of fused-ring (bicyclic) bond motifs is 5. The molecule has 47 heavy (non-hydrogen) atoms. The van der Waals surface area contributed by atoms with Crippen molar-refractivity contribution in [1.29, 1.82) is 0 Å². The Balaban J connectivity index is 1.04. The normalized spacial score (nSPS) is 14.7. The molecule has 0 radical (unpaired) electrons. The number of aromatic nitrogens is 2. The third-order valence-electron chi connectivity index (χ3n) is 8.61. The lowest BCUT2D eigenvalue weighted by atomic mass is 10.1. The Bertz CT molecular complexity index is 2090. The highest BCUT2D eigenvalue weighted by Crippen LogP contribution is 2.41. The highest BCUT2D eigenvalue weighted by molar-refractivity contribution is 6.14. The summed E-state index contributed by atoms with van der Waals surface area (Å²) in [4.78, 5) is 38.2. The van der Waals surface area contributed by atoms with E-state index in [-0.39, 0.29) is 17.5 Å². The number of ether oxygens (including phenoxy) is 4. The Hall–Kier alpha value is -5.64. The maximum atomic E-state index is 13.7. The lowest BCUT2D eigenvalue weighted by Crippen LogP contribution is -2.37. The van der Waals surface area contributed by atoms with Gasteiger partial charge in [-0.1, -0.05) is 43.3 Å². The van der Waals surface area contributed by atoms with Gasteiger partial charge >= 0.3 is 0 Å². The van der Waals surface area contributed by atoms with E-state index >= 15 is 0 Å². The molecule has 5 aromatic rings. The number of carbonyl (C=O) groups is 1. The van der Waals surface area contributed by atoms with Crippen molar-refractivity contribution in [2.75, 3.05) is 32.3 Å². The first-order chi connectivity index (χ1) is 23.0. The predicted molar refractivity (Wildman–Crippen MR) is 181 cm³/mol. The fourth-order valence-corrected chi connectivity index (χ4v) is 6.23. The predicted octanol–water partition coefficient (Wildman–Crippen LogP) is 6.10. The van der Waals surface area contributed by atoms with Crippen molar-refractivity contribution < 1.29 is 23.7 Å². The Morgan fingerprint density at radius 3 is 2.30 bits per heavy atom. The van der Waals surface area contributed by atoms with Gasteiger partial charge in [0.15, 0.2) is 23.0 Å². The highest BCUT2D eigenvalue weighted by atomic mass is 16.5. The first-order valence-electron chi connectivity index (χ1n) is 15.6. The molecule has 0 saturated carbocycles. The van der Waals surface area contributed by atoms with E-state index in [2.05, 4.69) is 16.9 Å². The molecule has 1 amide bonds. The number of rotatable bonds is 10. The second-order valence-electron chi connectivity index (χ2n) is 11.3. The molecule has 4 aromatic carbocycles. The second-order valence-corrected chi connectivity index (χ2v) is 11.3. The monoisotopic (exact) mass is 630 g/mol. The molecule has 1 aromatic heterocycles. The molecule has 3 heterocycles. The number of carbonyl (C=O) groups excluding carboxylic acids is 1. The number of para-hydroxylation sites is 2. The first-order valence-corrected chi connectivity index (χ1v) is 15.6. The standard InChI is InChI=1S/C37H34N4O6/c1-4-23-10-5-7-12-30(23)40-22-39-29-20-35(32(44-2)17-26(29)36(40)42)47-15-9-14-46-34-19-28-27(18-33(34)45-3)37(43)41-25(21-38-28)16-24-11-6-8-13-31(24)41/h5-8,10-13,17-22,25H,4,9,14-16H2,1-3H3/t25-/m0/s1. The molecular weight excluding hydrogens is 596 g/mol. The average Bonchev–Trinajstić information content (AvgIpc) is 3.42. The summed E-state index contributed by atoms with van der Waals surface area (Å²) in [5, 5.41) is 0.437. The van der Waals surface area contributed by atoms with Gasteiger partial charge < -0.3 is 18.9 Å². The second kappa shape index (κ2) is 12.6. The molecule has 2 aliphatic rings. The van der Waals surface area contributed by atoms with Crippen LogP contribution in [-0.2, 0) is 12.8 Å². The third kappa shape index (κ3) is 5.45. The van der Waals surface area contributed by atoms with E-state index in [1.54, 1.807) is 54.3 Å². The number of benzene rings is 4. The summed E-state index contributed by atoms with van der Waals surface area (Å²) in [7, 11) is 3.09. The number of nitrogens with zero attached hydrogens (tertiary/aromatic N) is 4. The smallest absolute Gasteiger partial charge is 0.265 e. The van der Waals surface area contributed by atoms with Gasteiger partial charge in [0.2, 0.25) is 0 Å². The van der Waals surface area contributed by atoms with Crippen LogP contribution in [0.1, 0.15) is 34.8 Å². The molecule has 0 N–H and O–H groups in total. The number of hydrogen-bond donors (Lipinski definition) is 0. The average molecular weight is 631 g/mol. The lowest BCUT2D eigenvalue weighted by molar-refractivity contribution is 0.0986. The van der Waals surface area contributed by atoms with Crippen LogP contribution in [0.5, 0.6) is 23.0 Å². The molecule has 238 valence electrons. The topological polar surface area (TPSA) is 104 Å². The molecule has 10 heteroatoms. The fraction of sp³-hybridized carbons (Fsp3) is 0.243. The summed E-state index contributed by atoms with van der Waals surface area (Å²) in [6, 6.07) is 22.4. The highest BCUT2D eigenvalue weighted by Gasteiger charge is 2.36. The van der Waals surface area contributed by atoms with Crippen LogP contribution < -0.4 is 29.4 Å². The molecule has 0 saturated heterocycles. The number of aliphatic imine (C=N–C) groups is 1. The van der Waals surface area contributed by atoms with Crippen molar-refractivity contribution in [1.82, 2.24) is 9.55 Å². The van der Waals surface area contributed by atoms with Crippen LogP contribution >= 0.6 is 0 Å². The fourth-order valence-electron chi connectivity index (χ4n) is 6.23. The minimum Gasteiger partial charge on any atom is -0.493 e. The molecule has 0 unspecified atom stereocenters. The zero-order valence-corrected chi connectivity index (χ0v) is 26.4. The lowest BCUT2D eigenvalue weighted by Gasteiger charge is -2.22. The van der Waals surface area contributed by atoms with Gasteiger partial charge in [0, 0.05) is 36.9 Å². The Morgan fingerprint density at radius 2 is 1.53 bits per heavy atom. The van der Waals surface area contributed by atoms with Crippen LogP contribution in [-0.4, -0.2) is 55.1 Å². The maximum Gasteiger partial charge on any atom is 0.265 e. The summed E-state index contributed by atoms with van der Waals surface area (Å²) < 4.78 is 24.9. The quantitative estimate of drug-likeness (QED) is 0.172. The summed E-state index contributed by atoms with van der Waals surface area (Å²) in [5.41, 5.74) is 5.25. The van der Waals surface area contributed by atoms with Gasteiger partial charge in [-0.25, -0.2) is 4.98 Å². The number of amides is 1. The molecule has 10 nitrogen and oxygen atoms in total. The van der Waals surface area contributed by atoms with Gasteiger partial charge in [0.1, 0.15) is 6.33 Å². The van der Waals surface area contributed by atoms with Gasteiger partial charge in [-0.05, 0) is 41.8 Å². The van der Waals surface area contributed by atoms with Crippen molar-refractivity contribution in [3.63, 3.8) is 0 Å². The molecule has 0 bridgehead atoms. The van der Waals surface area contributed by atoms with Gasteiger partial charge in [-0.2, -0.15) is 0 Å². The van der Waals surface area contributed by atoms with E-state index in [1.165, 1.54) is 0 Å². The number of hydrogen-bond acceptors (Lipinski definition) is 8. The van der Waals surface area contributed by atoms with E-state index in [4.69, 9.17) is 18.9 Å². The van der Waals surface area contributed by atoms with Gasteiger partial charge in [0.25, 0.3) is 11.5 Å². The minimum absolute atomic E-state index is 0.116. The molecular formula is C37H34N4O6. The third-order valence-corrected chi connectivity index (χ3v) is 8.61. The molecule has 0 spiro atoms.